The molecule has 2 heterocycles. The lowest BCUT2D eigenvalue weighted by Crippen LogP contribution is -2.44. The lowest BCUT2D eigenvalue weighted by atomic mass is 9.96. The Bertz CT molecular complexity index is 1110. The largest absolute Gasteiger partial charge is 0.481 e. The van der Waals surface area contributed by atoms with E-state index in [1.807, 2.05) is 24.4 Å². The maximum absolute atomic E-state index is 11.3. The van der Waals surface area contributed by atoms with Gasteiger partial charge in [-0.15, -0.1) is 0 Å². The van der Waals surface area contributed by atoms with Crippen molar-refractivity contribution in [2.45, 2.75) is 43.7 Å². The van der Waals surface area contributed by atoms with Gasteiger partial charge in [0.2, 0.25) is 0 Å². The number of carboxylic acid groups (broad SMARTS) is 1. The Hall–Kier alpha value is -3.38. The summed E-state index contributed by atoms with van der Waals surface area (Å²) in [7, 11) is 0. The zero-order valence-corrected chi connectivity index (χ0v) is 18.6. The third-order valence-electron chi connectivity index (χ3n) is 6.46. The summed E-state index contributed by atoms with van der Waals surface area (Å²) in [5, 5.41) is 20.1. The van der Waals surface area contributed by atoms with Gasteiger partial charge in [0.1, 0.15) is 5.82 Å². The van der Waals surface area contributed by atoms with Crippen LogP contribution in [0.4, 0.5) is 11.5 Å². The molecule has 1 fully saturated rings. The molecule has 2 atom stereocenters. The summed E-state index contributed by atoms with van der Waals surface area (Å²) in [6, 6.07) is 21.1. The molecule has 170 valence electrons. The highest BCUT2D eigenvalue weighted by Gasteiger charge is 2.27. The van der Waals surface area contributed by atoms with Crippen LogP contribution in [0.15, 0.2) is 66.9 Å². The number of pyridine rings is 1. The number of anilines is 2. The minimum atomic E-state index is -0.777. The molecule has 0 bridgehead atoms. The topological polar surface area (TPSA) is 86.3 Å². The number of aromatic nitrogens is 1. The van der Waals surface area contributed by atoms with Crippen molar-refractivity contribution in [1.29, 1.82) is 0 Å². The van der Waals surface area contributed by atoms with Crippen molar-refractivity contribution in [3.8, 4) is 0 Å². The third kappa shape index (κ3) is 5.34. The maximum atomic E-state index is 11.3. The fourth-order valence-corrected chi connectivity index (χ4v) is 4.70. The highest BCUT2D eigenvalue weighted by atomic mass is 16.4. The zero-order chi connectivity index (χ0) is 22.6. The number of nitrogens with one attached hydrogen (secondary N) is 3. The number of aliphatic carboxylic acids is 1. The van der Waals surface area contributed by atoms with Crippen molar-refractivity contribution in [3.63, 3.8) is 0 Å². The lowest BCUT2D eigenvalue weighted by molar-refractivity contribution is -0.136. The predicted molar refractivity (Wildman–Crippen MR) is 131 cm³/mol. The van der Waals surface area contributed by atoms with Crippen LogP contribution in [-0.4, -0.2) is 35.2 Å². The molecule has 4 N–H and O–H groups in total. The monoisotopic (exact) mass is 442 g/mol. The summed E-state index contributed by atoms with van der Waals surface area (Å²) in [6.07, 6.45) is 5.16. The van der Waals surface area contributed by atoms with Gasteiger partial charge >= 0.3 is 5.97 Å². The Labute approximate surface area is 194 Å². The molecule has 1 saturated carbocycles. The number of rotatable bonds is 9. The van der Waals surface area contributed by atoms with Crippen LogP contribution in [0.25, 0.3) is 0 Å². The van der Waals surface area contributed by atoms with Gasteiger partial charge < -0.3 is 21.1 Å². The van der Waals surface area contributed by atoms with Crippen molar-refractivity contribution in [2.75, 3.05) is 23.7 Å². The number of hydrogen-bond acceptors (Lipinski definition) is 5. The maximum Gasteiger partial charge on any atom is 0.307 e. The molecule has 6 heteroatoms. The van der Waals surface area contributed by atoms with Gasteiger partial charge in [0.25, 0.3) is 0 Å². The summed E-state index contributed by atoms with van der Waals surface area (Å²) in [4.78, 5) is 15.8. The van der Waals surface area contributed by atoms with Crippen LogP contribution >= 0.6 is 0 Å². The van der Waals surface area contributed by atoms with Crippen LogP contribution < -0.4 is 16.0 Å². The second kappa shape index (κ2) is 9.63. The molecule has 0 spiro atoms. The van der Waals surface area contributed by atoms with Gasteiger partial charge in [-0.3, -0.25) is 4.79 Å². The molecular weight excluding hydrogens is 412 g/mol. The van der Waals surface area contributed by atoms with Crippen LogP contribution in [0, 0.1) is 0 Å². The summed E-state index contributed by atoms with van der Waals surface area (Å²) in [5.74, 6) is 0.709. The number of fused-ring (bicyclic) bond motifs is 1. The molecule has 0 unspecified atom stereocenters. The van der Waals surface area contributed by atoms with Crippen LogP contribution in [0.3, 0.4) is 0 Å². The summed E-state index contributed by atoms with van der Waals surface area (Å²) in [6.45, 7) is 1.60. The fourth-order valence-electron chi connectivity index (χ4n) is 4.70. The molecule has 2 aliphatic rings. The second-order valence-electron chi connectivity index (χ2n) is 9.05. The van der Waals surface area contributed by atoms with E-state index in [2.05, 4.69) is 63.4 Å². The number of nitrogens with zero attached hydrogens (tertiary/aromatic N) is 1. The van der Waals surface area contributed by atoms with E-state index < -0.39 is 5.97 Å². The van der Waals surface area contributed by atoms with E-state index in [-0.39, 0.29) is 18.5 Å². The fraction of sp³-hybridized carbons (Fsp3) is 0.333. The predicted octanol–water partition coefficient (Wildman–Crippen LogP) is 4.37. The molecule has 0 radical (unpaired) electrons. The first-order valence-corrected chi connectivity index (χ1v) is 11.7. The molecule has 1 aliphatic carbocycles. The Morgan fingerprint density at radius 2 is 1.91 bits per heavy atom. The van der Waals surface area contributed by atoms with Crippen molar-refractivity contribution >= 4 is 17.5 Å². The SMILES string of the molecule is O=C(O)Cc1cc(CCN[C@H](c2ccccc2)[C@H]2CNc3cccnc3N2)cc(C2CC2)c1. The van der Waals surface area contributed by atoms with Gasteiger partial charge in [0.05, 0.1) is 24.2 Å². The Morgan fingerprint density at radius 3 is 2.70 bits per heavy atom. The third-order valence-corrected chi connectivity index (χ3v) is 6.46. The second-order valence-corrected chi connectivity index (χ2v) is 9.05. The van der Waals surface area contributed by atoms with E-state index in [4.69, 9.17) is 0 Å². The van der Waals surface area contributed by atoms with E-state index >= 15 is 0 Å². The first-order chi connectivity index (χ1) is 16.2. The van der Waals surface area contributed by atoms with E-state index in [0.29, 0.717) is 5.92 Å². The summed E-state index contributed by atoms with van der Waals surface area (Å²) >= 11 is 0. The standard InChI is InChI=1S/C27H30N4O2/c32-25(33)16-19-13-18(14-22(15-19)20-8-9-20)10-12-28-26(21-5-2-1-3-6-21)24-17-30-23-7-4-11-29-27(23)31-24/h1-7,11,13-15,20,24,26,28,30H,8-10,12,16-17H2,(H,29,31)(H,32,33)/t24-,26-/m1/s1. The van der Waals surface area contributed by atoms with Crippen LogP contribution in [-0.2, 0) is 17.6 Å². The summed E-state index contributed by atoms with van der Waals surface area (Å²) < 4.78 is 0. The van der Waals surface area contributed by atoms with E-state index in [1.165, 1.54) is 29.5 Å². The Morgan fingerprint density at radius 1 is 1.09 bits per heavy atom. The Balaban J connectivity index is 1.30. The normalized spacial score (nSPS) is 18.0. The molecule has 0 saturated heterocycles. The zero-order valence-electron chi connectivity index (χ0n) is 18.6. The average molecular weight is 443 g/mol. The molecule has 1 aliphatic heterocycles. The van der Waals surface area contributed by atoms with Crippen molar-refractivity contribution in [2.24, 2.45) is 0 Å². The quantitative estimate of drug-likeness (QED) is 0.394. The van der Waals surface area contributed by atoms with Crippen molar-refractivity contribution < 1.29 is 9.90 Å². The molecule has 1 aromatic heterocycles. The first kappa shape index (κ1) is 21.5. The van der Waals surface area contributed by atoms with Gasteiger partial charge in [-0.1, -0.05) is 48.5 Å². The number of carbonyl (C=O) groups is 1. The van der Waals surface area contributed by atoms with Crippen LogP contribution in [0.2, 0.25) is 0 Å². The van der Waals surface area contributed by atoms with E-state index in [9.17, 15) is 9.90 Å². The van der Waals surface area contributed by atoms with Crippen LogP contribution in [0.5, 0.6) is 0 Å². The molecule has 33 heavy (non-hydrogen) atoms. The minimum Gasteiger partial charge on any atom is -0.481 e. The number of benzene rings is 2. The molecule has 3 aromatic rings. The molecule has 6 nitrogen and oxygen atoms in total. The van der Waals surface area contributed by atoms with E-state index in [0.717, 1.165) is 36.6 Å². The molecule has 5 rings (SSSR count). The number of hydrogen-bond donors (Lipinski definition) is 4. The summed E-state index contributed by atoms with van der Waals surface area (Å²) in [5.41, 5.74) is 5.67. The van der Waals surface area contributed by atoms with Crippen molar-refractivity contribution in [3.05, 3.63) is 89.1 Å². The molecular formula is C27H30N4O2. The van der Waals surface area contributed by atoms with Gasteiger partial charge in [-0.2, -0.15) is 0 Å². The minimum absolute atomic E-state index is 0.0811. The smallest absolute Gasteiger partial charge is 0.307 e. The lowest BCUT2D eigenvalue weighted by Gasteiger charge is -2.34. The van der Waals surface area contributed by atoms with Gasteiger partial charge in [-0.05, 0) is 66.1 Å². The highest BCUT2D eigenvalue weighted by molar-refractivity contribution is 5.70. The number of carboxylic acids is 1. The average Bonchev–Trinajstić information content (AvgIpc) is 3.67. The van der Waals surface area contributed by atoms with Crippen LogP contribution in [0.1, 0.15) is 47.1 Å². The van der Waals surface area contributed by atoms with Gasteiger partial charge in [-0.25, -0.2) is 4.98 Å². The molecule has 0 amide bonds. The Kier molecular flexibility index (Phi) is 6.26. The van der Waals surface area contributed by atoms with Gasteiger partial charge in [0.15, 0.2) is 0 Å². The first-order valence-electron chi connectivity index (χ1n) is 11.7. The highest BCUT2D eigenvalue weighted by Crippen LogP contribution is 2.40. The van der Waals surface area contributed by atoms with E-state index in [1.54, 1.807) is 0 Å². The van der Waals surface area contributed by atoms with Gasteiger partial charge in [0, 0.05) is 12.7 Å². The van der Waals surface area contributed by atoms with Crippen molar-refractivity contribution in [1.82, 2.24) is 10.3 Å². The molecule has 2 aromatic carbocycles.